The first-order valence-electron chi connectivity index (χ1n) is 14.6. The van der Waals surface area contributed by atoms with Crippen molar-refractivity contribution in [2.45, 2.75) is 68.8 Å². The molecule has 6 bridgehead atoms. The lowest BCUT2D eigenvalue weighted by Crippen LogP contribution is -2.51. The number of carbonyl (C=O) groups excluding carboxylic acids is 1. The number of fused-ring (bicyclic) bond motifs is 16. The van der Waals surface area contributed by atoms with Crippen molar-refractivity contribution in [2.75, 3.05) is 6.61 Å². The number of hydrogen-bond acceptors (Lipinski definition) is 7. The van der Waals surface area contributed by atoms with Gasteiger partial charge in [0.05, 0.1) is 11.5 Å². The normalized spacial score (nSPS) is 47.3. The molecule has 7 nitrogen and oxygen atoms in total. The monoisotopic (exact) mass is 540 g/mol. The van der Waals surface area contributed by atoms with Crippen molar-refractivity contribution in [1.82, 2.24) is 0 Å². The molecule has 13 unspecified atom stereocenters. The molecule has 0 N–H and O–H groups in total. The maximum absolute atomic E-state index is 13.4. The van der Waals surface area contributed by atoms with E-state index in [1.54, 1.807) is 24.3 Å². The molecule has 0 spiro atoms. The Hall–Kier alpha value is -1.90. The molecule has 6 aliphatic carbocycles. The highest BCUT2D eigenvalue weighted by Crippen LogP contribution is 2.76. The minimum Gasteiger partial charge on any atom is -0.428 e. The summed E-state index contributed by atoms with van der Waals surface area (Å²) in [6.45, 7) is 2.49. The van der Waals surface area contributed by atoms with E-state index in [4.69, 9.17) is 18.4 Å². The van der Waals surface area contributed by atoms with Crippen LogP contribution in [0.25, 0.3) is 0 Å². The predicted octanol–water partition coefficient (Wildman–Crippen LogP) is 5.09. The van der Waals surface area contributed by atoms with Crippen molar-refractivity contribution in [3.05, 3.63) is 42.0 Å². The smallest absolute Gasteiger partial charge is 0.428 e. The van der Waals surface area contributed by atoms with Gasteiger partial charge in [-0.25, -0.2) is 4.79 Å². The first kappa shape index (κ1) is 23.9. The summed E-state index contributed by atoms with van der Waals surface area (Å²) in [7, 11) is -4.01. The van der Waals surface area contributed by atoms with Crippen molar-refractivity contribution in [3.8, 4) is 0 Å². The van der Waals surface area contributed by atoms with E-state index >= 15 is 0 Å². The molecule has 6 fully saturated rings. The van der Waals surface area contributed by atoms with E-state index in [-0.39, 0.29) is 16.7 Å². The minimum absolute atomic E-state index is 0.0769. The molecule has 1 saturated heterocycles. The lowest BCUT2D eigenvalue weighted by molar-refractivity contribution is -0.158. The standard InChI is InChI=1S/C30H36O7S/c1-15-5-9-18(10-6-15)38(32,33)37-29-22-14-21(28(29)36-30(31)35-23-4-2-3-11-34-23)26-19-13-20(27(22)26)25-17-8-7-16(12-17)24(19)25/h5-10,16-17,19-29H,2-4,11-14H2,1H3. The zero-order chi connectivity index (χ0) is 25.8. The molecule has 7 aliphatic rings. The van der Waals surface area contributed by atoms with Gasteiger partial charge in [0.1, 0.15) is 12.2 Å². The van der Waals surface area contributed by atoms with Crippen LogP contribution in [0.1, 0.15) is 44.1 Å². The van der Waals surface area contributed by atoms with Crippen LogP contribution in [0.4, 0.5) is 4.79 Å². The van der Waals surface area contributed by atoms with Crippen LogP contribution >= 0.6 is 0 Å². The lowest BCUT2D eigenvalue weighted by atomic mass is 9.60. The fourth-order valence-corrected chi connectivity index (χ4v) is 11.5. The summed E-state index contributed by atoms with van der Waals surface area (Å²) in [5, 5.41) is 0. The van der Waals surface area contributed by atoms with E-state index in [1.165, 1.54) is 12.8 Å². The average Bonchev–Trinajstić information content (AvgIpc) is 3.72. The predicted molar refractivity (Wildman–Crippen MR) is 136 cm³/mol. The van der Waals surface area contributed by atoms with Gasteiger partial charge < -0.3 is 14.2 Å². The van der Waals surface area contributed by atoms with Gasteiger partial charge in [0.15, 0.2) is 0 Å². The van der Waals surface area contributed by atoms with Gasteiger partial charge in [-0.2, -0.15) is 8.42 Å². The maximum atomic E-state index is 13.4. The SMILES string of the molecule is Cc1ccc(S(=O)(=O)OC2C3CC(C2OC(=O)OC2CCCCO2)C2C4CC(C5C6C=CC(C6)C45)C32)cc1. The molecule has 1 aromatic carbocycles. The van der Waals surface area contributed by atoms with Crippen molar-refractivity contribution < 1.29 is 31.6 Å². The number of carbonyl (C=O) groups is 1. The third kappa shape index (κ3) is 3.45. The molecule has 204 valence electrons. The summed E-state index contributed by atoms with van der Waals surface area (Å²) >= 11 is 0. The van der Waals surface area contributed by atoms with Crippen LogP contribution in [0.3, 0.4) is 0 Å². The van der Waals surface area contributed by atoms with Gasteiger partial charge in [0, 0.05) is 12.3 Å². The maximum Gasteiger partial charge on any atom is 0.510 e. The highest BCUT2D eigenvalue weighted by molar-refractivity contribution is 7.86. The fourth-order valence-electron chi connectivity index (χ4n) is 10.4. The molecule has 1 aromatic rings. The molecular weight excluding hydrogens is 504 g/mol. The summed E-state index contributed by atoms with van der Waals surface area (Å²) in [5.74, 6) is 5.25. The molecule has 8 heteroatoms. The van der Waals surface area contributed by atoms with Crippen LogP contribution < -0.4 is 0 Å². The van der Waals surface area contributed by atoms with Crippen LogP contribution in [0.15, 0.2) is 41.3 Å². The number of hydrogen-bond donors (Lipinski definition) is 0. The van der Waals surface area contributed by atoms with Crippen LogP contribution in [0.2, 0.25) is 0 Å². The molecule has 1 aliphatic heterocycles. The van der Waals surface area contributed by atoms with Gasteiger partial charge in [-0.15, -0.1) is 0 Å². The second kappa shape index (κ2) is 8.55. The Bertz CT molecular complexity index is 1250. The van der Waals surface area contributed by atoms with E-state index in [0.29, 0.717) is 48.5 Å². The Balaban J connectivity index is 1.08. The Morgan fingerprint density at radius 1 is 0.816 bits per heavy atom. The van der Waals surface area contributed by atoms with Gasteiger partial charge in [-0.1, -0.05) is 29.8 Å². The van der Waals surface area contributed by atoms with Crippen LogP contribution in [-0.2, 0) is 28.5 Å². The van der Waals surface area contributed by atoms with Gasteiger partial charge in [0.25, 0.3) is 10.1 Å². The third-order valence-corrected chi connectivity index (χ3v) is 12.7. The fraction of sp³-hybridized carbons (Fsp3) is 0.700. The summed E-state index contributed by atoms with van der Waals surface area (Å²) < 4.78 is 50.0. The summed E-state index contributed by atoms with van der Waals surface area (Å²) in [4.78, 5) is 13.1. The van der Waals surface area contributed by atoms with Gasteiger partial charge in [0.2, 0.25) is 6.29 Å². The minimum atomic E-state index is -4.01. The molecule has 13 atom stereocenters. The number of allylic oxidation sites excluding steroid dienone is 2. The Kier molecular flexibility index (Phi) is 5.39. The highest BCUT2D eigenvalue weighted by atomic mass is 32.2. The molecule has 5 saturated carbocycles. The molecule has 8 rings (SSSR count). The van der Waals surface area contributed by atoms with Crippen LogP contribution in [0, 0.1) is 66.1 Å². The van der Waals surface area contributed by atoms with Crippen molar-refractivity contribution in [2.24, 2.45) is 59.2 Å². The number of ether oxygens (including phenoxy) is 3. The number of aryl methyl sites for hydroxylation is 1. The van der Waals surface area contributed by atoms with Gasteiger partial charge >= 0.3 is 6.16 Å². The largest absolute Gasteiger partial charge is 0.510 e. The van der Waals surface area contributed by atoms with Gasteiger partial charge in [-0.05, 0) is 104 Å². The molecule has 1 heterocycles. The van der Waals surface area contributed by atoms with Crippen molar-refractivity contribution in [1.29, 1.82) is 0 Å². The van der Waals surface area contributed by atoms with E-state index in [1.807, 2.05) is 6.92 Å². The van der Waals surface area contributed by atoms with Gasteiger partial charge in [-0.3, -0.25) is 4.18 Å². The first-order valence-corrected chi connectivity index (χ1v) is 16.0. The van der Waals surface area contributed by atoms with E-state index in [0.717, 1.165) is 36.7 Å². The van der Waals surface area contributed by atoms with E-state index in [9.17, 15) is 13.2 Å². The van der Waals surface area contributed by atoms with Crippen LogP contribution in [-0.4, -0.2) is 39.7 Å². The first-order chi connectivity index (χ1) is 18.4. The third-order valence-electron chi connectivity index (χ3n) is 11.4. The Morgan fingerprint density at radius 2 is 1.47 bits per heavy atom. The summed E-state index contributed by atoms with van der Waals surface area (Å²) in [6.07, 6.45) is 8.16. The lowest BCUT2D eigenvalue weighted by Gasteiger charge is -2.47. The summed E-state index contributed by atoms with van der Waals surface area (Å²) in [5.41, 5.74) is 0.983. The number of rotatable bonds is 5. The van der Waals surface area contributed by atoms with E-state index < -0.39 is 34.8 Å². The quantitative estimate of drug-likeness (QED) is 0.223. The zero-order valence-corrected chi connectivity index (χ0v) is 22.5. The molecule has 38 heavy (non-hydrogen) atoms. The Labute approximate surface area is 224 Å². The zero-order valence-electron chi connectivity index (χ0n) is 21.7. The van der Waals surface area contributed by atoms with E-state index in [2.05, 4.69) is 12.2 Å². The topological polar surface area (TPSA) is 88.1 Å². The number of benzene rings is 1. The molecule has 0 amide bonds. The van der Waals surface area contributed by atoms with Crippen molar-refractivity contribution >= 4 is 16.3 Å². The average molecular weight is 541 g/mol. The van der Waals surface area contributed by atoms with Crippen LogP contribution in [0.5, 0.6) is 0 Å². The highest BCUT2D eigenvalue weighted by Gasteiger charge is 2.74. The Morgan fingerprint density at radius 3 is 2.13 bits per heavy atom. The molecule has 0 aromatic heterocycles. The molecular formula is C30H36O7S. The second-order valence-electron chi connectivity index (χ2n) is 13.0. The molecule has 0 radical (unpaired) electrons. The second-order valence-corrected chi connectivity index (χ2v) is 14.5. The summed E-state index contributed by atoms with van der Waals surface area (Å²) in [6, 6.07) is 6.74. The van der Waals surface area contributed by atoms with Crippen molar-refractivity contribution in [3.63, 3.8) is 0 Å².